The molecule has 3 aromatic rings. The summed E-state index contributed by atoms with van der Waals surface area (Å²) in [4.78, 5) is 8.47. The summed E-state index contributed by atoms with van der Waals surface area (Å²) in [6.45, 7) is 7.69. The van der Waals surface area contributed by atoms with Gasteiger partial charge in [-0.15, -0.1) is 11.3 Å². The van der Waals surface area contributed by atoms with Crippen molar-refractivity contribution in [2.75, 3.05) is 32.8 Å². The van der Waals surface area contributed by atoms with Gasteiger partial charge in [0.25, 0.3) is 0 Å². The predicted molar refractivity (Wildman–Crippen MR) is 119 cm³/mol. The first-order chi connectivity index (χ1) is 13.7. The number of benzene rings is 2. The Morgan fingerprint density at radius 3 is 2.61 bits per heavy atom. The lowest BCUT2D eigenvalue weighted by Crippen LogP contribution is -2.39. The molecular weight excluding hydrogens is 434 g/mol. The second-order valence-corrected chi connectivity index (χ2v) is 8.72. The van der Waals surface area contributed by atoms with Crippen LogP contribution in [-0.2, 0) is 11.3 Å². The lowest BCUT2D eigenvalue weighted by Gasteiger charge is -2.26. The molecule has 0 saturated carbocycles. The maximum absolute atomic E-state index is 5.49. The van der Waals surface area contributed by atoms with Gasteiger partial charge in [-0.05, 0) is 42.3 Å². The molecule has 6 heteroatoms. The van der Waals surface area contributed by atoms with Crippen molar-refractivity contribution >= 4 is 33.0 Å². The minimum atomic E-state index is 0.828. The highest BCUT2D eigenvalue weighted by Crippen LogP contribution is 2.23. The lowest BCUT2D eigenvalue weighted by atomic mass is 10.2. The van der Waals surface area contributed by atoms with Crippen molar-refractivity contribution in [2.24, 2.45) is 4.99 Å². The zero-order valence-corrected chi connectivity index (χ0v) is 18.4. The molecule has 0 spiro atoms. The maximum atomic E-state index is 5.49. The molecule has 0 N–H and O–H groups in total. The van der Waals surface area contributed by atoms with E-state index in [4.69, 9.17) is 9.73 Å². The molecule has 1 fully saturated rings. The minimum absolute atomic E-state index is 0.828. The summed E-state index contributed by atoms with van der Waals surface area (Å²) in [7, 11) is 0. The van der Waals surface area contributed by atoms with Gasteiger partial charge < -0.3 is 9.30 Å². The standard InChI is InChI=1S/C22H24BrN3OS/c1-17-3-2-4-20(15-17)24-22-26(10-9-25-11-13-27-14-12-25)21(16-28-22)18-5-7-19(23)8-6-18/h2-8,15-16H,9-14H2,1H3. The Morgan fingerprint density at radius 1 is 1.07 bits per heavy atom. The third kappa shape index (κ3) is 4.81. The summed E-state index contributed by atoms with van der Waals surface area (Å²) >= 11 is 5.24. The third-order valence-electron chi connectivity index (χ3n) is 4.91. The number of aryl methyl sites for hydroxylation is 1. The molecule has 1 aliphatic heterocycles. The number of rotatable bonds is 5. The highest BCUT2D eigenvalue weighted by molar-refractivity contribution is 9.10. The van der Waals surface area contributed by atoms with Crippen molar-refractivity contribution in [3.05, 3.63) is 68.7 Å². The fourth-order valence-corrected chi connectivity index (χ4v) is 4.58. The predicted octanol–water partition coefficient (Wildman–Crippen LogP) is 4.85. The van der Waals surface area contributed by atoms with Gasteiger partial charge in [0.1, 0.15) is 0 Å². The summed E-state index contributed by atoms with van der Waals surface area (Å²) < 4.78 is 8.93. The fraction of sp³-hybridized carbons (Fsp3) is 0.318. The maximum Gasteiger partial charge on any atom is 0.190 e. The van der Waals surface area contributed by atoms with Gasteiger partial charge in [-0.1, -0.05) is 40.2 Å². The first-order valence-corrected chi connectivity index (χ1v) is 11.2. The largest absolute Gasteiger partial charge is 0.379 e. The second kappa shape index (κ2) is 9.18. The molecule has 146 valence electrons. The summed E-state index contributed by atoms with van der Waals surface area (Å²) in [5.41, 5.74) is 4.67. The Morgan fingerprint density at radius 2 is 1.86 bits per heavy atom. The van der Waals surface area contributed by atoms with Gasteiger partial charge >= 0.3 is 0 Å². The van der Waals surface area contributed by atoms with Crippen LogP contribution in [0.5, 0.6) is 0 Å². The summed E-state index contributed by atoms with van der Waals surface area (Å²) in [6, 6.07) is 16.9. The lowest BCUT2D eigenvalue weighted by molar-refractivity contribution is 0.0363. The van der Waals surface area contributed by atoms with Gasteiger partial charge in [0.05, 0.1) is 24.6 Å². The van der Waals surface area contributed by atoms with E-state index in [1.165, 1.54) is 16.8 Å². The smallest absolute Gasteiger partial charge is 0.190 e. The molecule has 2 aromatic carbocycles. The van der Waals surface area contributed by atoms with E-state index in [0.29, 0.717) is 0 Å². The molecular formula is C22H24BrN3OS. The Hall–Kier alpha value is -1.73. The molecule has 1 saturated heterocycles. The molecule has 1 aromatic heterocycles. The van der Waals surface area contributed by atoms with E-state index in [-0.39, 0.29) is 0 Å². The molecule has 0 bridgehead atoms. The van der Waals surface area contributed by atoms with Crippen LogP contribution >= 0.6 is 27.3 Å². The Balaban J connectivity index is 1.69. The number of hydrogen-bond acceptors (Lipinski definition) is 4. The number of thiazole rings is 1. The van der Waals surface area contributed by atoms with E-state index in [0.717, 1.165) is 54.4 Å². The van der Waals surface area contributed by atoms with Gasteiger partial charge in [0.15, 0.2) is 4.80 Å². The number of ether oxygens (including phenoxy) is 1. The summed E-state index contributed by atoms with van der Waals surface area (Å²) in [5, 5.41) is 2.22. The van der Waals surface area contributed by atoms with Crippen LogP contribution in [0, 0.1) is 6.92 Å². The van der Waals surface area contributed by atoms with E-state index in [2.05, 4.69) is 86.2 Å². The van der Waals surface area contributed by atoms with E-state index >= 15 is 0 Å². The monoisotopic (exact) mass is 457 g/mol. The van der Waals surface area contributed by atoms with Gasteiger partial charge in [-0.2, -0.15) is 0 Å². The van der Waals surface area contributed by atoms with Gasteiger partial charge in [-0.25, -0.2) is 4.99 Å². The molecule has 2 heterocycles. The number of aromatic nitrogens is 1. The van der Waals surface area contributed by atoms with E-state index in [9.17, 15) is 0 Å². The zero-order chi connectivity index (χ0) is 19.3. The van der Waals surface area contributed by atoms with Crippen molar-refractivity contribution < 1.29 is 4.74 Å². The van der Waals surface area contributed by atoms with Gasteiger partial charge in [0, 0.05) is 36.0 Å². The topological polar surface area (TPSA) is 29.8 Å². The number of morpholine rings is 1. The average Bonchev–Trinajstić information content (AvgIpc) is 3.10. The number of nitrogens with zero attached hydrogens (tertiary/aromatic N) is 3. The second-order valence-electron chi connectivity index (χ2n) is 6.97. The van der Waals surface area contributed by atoms with E-state index in [1.807, 2.05) is 0 Å². The quantitative estimate of drug-likeness (QED) is 0.547. The van der Waals surface area contributed by atoms with Gasteiger partial charge in [-0.3, -0.25) is 4.90 Å². The van der Waals surface area contributed by atoms with Gasteiger partial charge in [0.2, 0.25) is 0 Å². The zero-order valence-electron chi connectivity index (χ0n) is 16.0. The minimum Gasteiger partial charge on any atom is -0.379 e. The highest BCUT2D eigenvalue weighted by atomic mass is 79.9. The molecule has 4 nitrogen and oxygen atoms in total. The summed E-state index contributed by atoms with van der Waals surface area (Å²) in [6.07, 6.45) is 0. The van der Waals surface area contributed by atoms with Crippen molar-refractivity contribution in [3.63, 3.8) is 0 Å². The third-order valence-corrected chi connectivity index (χ3v) is 6.30. The molecule has 0 amide bonds. The van der Waals surface area contributed by atoms with Crippen LogP contribution in [0.2, 0.25) is 0 Å². The van der Waals surface area contributed by atoms with Crippen LogP contribution in [-0.4, -0.2) is 42.3 Å². The molecule has 0 radical (unpaired) electrons. The fourth-order valence-electron chi connectivity index (χ4n) is 3.36. The van der Waals surface area contributed by atoms with Crippen molar-refractivity contribution in [1.29, 1.82) is 0 Å². The Labute approximate surface area is 178 Å². The van der Waals surface area contributed by atoms with E-state index in [1.54, 1.807) is 11.3 Å². The van der Waals surface area contributed by atoms with E-state index < -0.39 is 0 Å². The number of halogens is 1. The molecule has 1 aliphatic rings. The normalized spacial score (nSPS) is 15.9. The molecule has 0 atom stereocenters. The van der Waals surface area contributed by atoms with Crippen LogP contribution in [0.25, 0.3) is 11.3 Å². The molecule has 0 aliphatic carbocycles. The van der Waals surface area contributed by atoms with Crippen molar-refractivity contribution in [2.45, 2.75) is 13.5 Å². The van der Waals surface area contributed by atoms with Crippen LogP contribution < -0.4 is 4.80 Å². The summed E-state index contributed by atoms with van der Waals surface area (Å²) in [5.74, 6) is 0. The average molecular weight is 458 g/mol. The van der Waals surface area contributed by atoms with Crippen molar-refractivity contribution in [3.8, 4) is 11.3 Å². The SMILES string of the molecule is Cc1cccc(N=c2scc(-c3ccc(Br)cc3)n2CCN2CCOCC2)c1. The first-order valence-electron chi connectivity index (χ1n) is 9.55. The Bertz CT molecular complexity index is 988. The highest BCUT2D eigenvalue weighted by Gasteiger charge is 2.13. The Kier molecular flexibility index (Phi) is 6.42. The van der Waals surface area contributed by atoms with Crippen LogP contribution in [0.1, 0.15) is 5.56 Å². The first kappa shape index (κ1) is 19.6. The molecule has 4 rings (SSSR count). The molecule has 0 unspecified atom stereocenters. The molecule has 28 heavy (non-hydrogen) atoms. The van der Waals surface area contributed by atoms with Crippen molar-refractivity contribution in [1.82, 2.24) is 9.47 Å². The van der Waals surface area contributed by atoms with Crippen LogP contribution in [0.15, 0.2) is 63.4 Å². The van der Waals surface area contributed by atoms with Crippen LogP contribution in [0.4, 0.5) is 5.69 Å². The number of hydrogen-bond donors (Lipinski definition) is 0. The van der Waals surface area contributed by atoms with Crippen LogP contribution in [0.3, 0.4) is 0 Å².